The predicted octanol–water partition coefficient (Wildman–Crippen LogP) is 3.70. The molecule has 92 valence electrons. The van der Waals surface area contributed by atoms with Crippen molar-refractivity contribution in [3.05, 3.63) is 48.0 Å². The summed E-state index contributed by atoms with van der Waals surface area (Å²) in [6.45, 7) is 0. The normalized spacial score (nSPS) is 19.2. The Labute approximate surface area is 112 Å². The van der Waals surface area contributed by atoms with Gasteiger partial charge in [-0.2, -0.15) is 11.8 Å². The average Bonchev–Trinajstić information content (AvgIpc) is 2.93. The number of benzene rings is 2. The van der Waals surface area contributed by atoms with Crippen LogP contribution in [0.3, 0.4) is 0 Å². The number of thioether (sulfide) groups is 1. The van der Waals surface area contributed by atoms with E-state index in [9.17, 15) is 4.79 Å². The highest BCUT2D eigenvalue weighted by Gasteiger charge is 2.23. The fourth-order valence-corrected chi connectivity index (χ4v) is 3.82. The van der Waals surface area contributed by atoms with Gasteiger partial charge in [0.2, 0.25) is 0 Å². The number of rotatable bonds is 3. The van der Waals surface area contributed by atoms with Gasteiger partial charge < -0.3 is 0 Å². The molecular formula is C16H16OS. The lowest BCUT2D eigenvalue weighted by molar-refractivity contribution is -0.121. The van der Waals surface area contributed by atoms with E-state index in [0.29, 0.717) is 12.2 Å². The molecule has 1 aliphatic rings. The molecule has 1 fully saturated rings. The minimum atomic E-state index is 0.286. The Morgan fingerprint density at radius 3 is 2.83 bits per heavy atom. The molecule has 1 heterocycles. The van der Waals surface area contributed by atoms with E-state index in [2.05, 4.69) is 24.3 Å². The third-order valence-corrected chi connectivity index (χ3v) is 4.79. The van der Waals surface area contributed by atoms with Crippen molar-refractivity contribution in [3.63, 3.8) is 0 Å². The van der Waals surface area contributed by atoms with Gasteiger partial charge in [0.05, 0.1) is 0 Å². The van der Waals surface area contributed by atoms with Gasteiger partial charge in [-0.1, -0.05) is 42.5 Å². The summed E-state index contributed by atoms with van der Waals surface area (Å²) < 4.78 is 0. The standard InChI is InChI=1S/C16H16OS/c17-16(14-8-9-18-11-14)10-13-6-3-5-12-4-1-2-7-15(12)13/h1-7,14H,8-11H2. The van der Waals surface area contributed by atoms with Gasteiger partial charge in [0, 0.05) is 18.1 Å². The van der Waals surface area contributed by atoms with Crippen LogP contribution in [-0.2, 0) is 11.2 Å². The van der Waals surface area contributed by atoms with E-state index >= 15 is 0 Å². The Bertz CT molecular complexity index is 565. The molecule has 0 bridgehead atoms. The molecule has 0 N–H and O–H groups in total. The largest absolute Gasteiger partial charge is 0.299 e. The van der Waals surface area contributed by atoms with Crippen molar-refractivity contribution in [2.24, 2.45) is 5.92 Å². The zero-order valence-electron chi connectivity index (χ0n) is 10.3. The summed E-state index contributed by atoms with van der Waals surface area (Å²) >= 11 is 1.90. The van der Waals surface area contributed by atoms with E-state index in [4.69, 9.17) is 0 Å². The third kappa shape index (κ3) is 2.30. The van der Waals surface area contributed by atoms with Gasteiger partial charge in [0.25, 0.3) is 0 Å². The van der Waals surface area contributed by atoms with Crippen molar-refractivity contribution in [2.75, 3.05) is 11.5 Å². The maximum atomic E-state index is 12.2. The third-order valence-electron chi connectivity index (χ3n) is 3.63. The fourth-order valence-electron chi connectivity index (χ4n) is 2.57. The summed E-state index contributed by atoms with van der Waals surface area (Å²) in [6, 6.07) is 14.5. The van der Waals surface area contributed by atoms with E-state index in [1.54, 1.807) is 0 Å². The van der Waals surface area contributed by atoms with Crippen molar-refractivity contribution in [1.29, 1.82) is 0 Å². The Hall–Kier alpha value is -1.28. The first-order valence-corrected chi connectivity index (χ1v) is 7.57. The molecule has 18 heavy (non-hydrogen) atoms. The molecular weight excluding hydrogens is 240 g/mol. The minimum absolute atomic E-state index is 0.286. The van der Waals surface area contributed by atoms with Crippen LogP contribution in [0.25, 0.3) is 10.8 Å². The van der Waals surface area contributed by atoms with Gasteiger partial charge in [-0.15, -0.1) is 0 Å². The van der Waals surface area contributed by atoms with E-state index in [1.807, 2.05) is 30.0 Å². The first-order valence-electron chi connectivity index (χ1n) is 6.42. The van der Waals surface area contributed by atoms with Crippen LogP contribution in [0.5, 0.6) is 0 Å². The summed E-state index contributed by atoms with van der Waals surface area (Å²) in [5, 5.41) is 2.45. The number of Topliss-reactive ketones (excluding diaryl/α,β-unsaturated/α-hetero) is 1. The molecule has 0 amide bonds. The lowest BCUT2D eigenvalue weighted by atomic mass is 9.94. The lowest BCUT2D eigenvalue weighted by Gasteiger charge is -2.09. The second-order valence-electron chi connectivity index (χ2n) is 4.84. The van der Waals surface area contributed by atoms with E-state index < -0.39 is 0 Å². The van der Waals surface area contributed by atoms with Crippen LogP contribution in [0.2, 0.25) is 0 Å². The maximum Gasteiger partial charge on any atom is 0.141 e. The van der Waals surface area contributed by atoms with Gasteiger partial charge in [-0.3, -0.25) is 4.79 Å². The van der Waals surface area contributed by atoms with E-state index in [1.165, 1.54) is 16.3 Å². The predicted molar refractivity (Wildman–Crippen MR) is 78.1 cm³/mol. The lowest BCUT2D eigenvalue weighted by Crippen LogP contribution is -2.16. The molecule has 1 saturated heterocycles. The second-order valence-corrected chi connectivity index (χ2v) is 5.99. The quantitative estimate of drug-likeness (QED) is 0.833. The molecule has 0 aliphatic carbocycles. The molecule has 2 heteroatoms. The molecule has 2 aromatic rings. The fraction of sp³-hybridized carbons (Fsp3) is 0.312. The summed E-state index contributed by atoms with van der Waals surface area (Å²) in [5.41, 5.74) is 1.18. The Morgan fingerprint density at radius 1 is 1.17 bits per heavy atom. The van der Waals surface area contributed by atoms with Gasteiger partial charge in [-0.25, -0.2) is 0 Å². The minimum Gasteiger partial charge on any atom is -0.299 e. The zero-order valence-corrected chi connectivity index (χ0v) is 11.1. The molecule has 0 spiro atoms. The number of hydrogen-bond donors (Lipinski definition) is 0. The Morgan fingerprint density at radius 2 is 2.00 bits per heavy atom. The average molecular weight is 256 g/mol. The summed E-state index contributed by atoms with van der Waals surface area (Å²) in [6.07, 6.45) is 1.65. The van der Waals surface area contributed by atoms with Gasteiger partial charge in [0.15, 0.2) is 0 Å². The maximum absolute atomic E-state index is 12.2. The Kier molecular flexibility index (Phi) is 3.37. The first-order chi connectivity index (χ1) is 8.84. The number of carbonyl (C=O) groups is 1. The van der Waals surface area contributed by atoms with Crippen LogP contribution in [0.4, 0.5) is 0 Å². The molecule has 1 unspecified atom stereocenters. The zero-order chi connectivity index (χ0) is 12.4. The highest BCUT2D eigenvalue weighted by Crippen LogP contribution is 2.26. The second kappa shape index (κ2) is 5.15. The van der Waals surface area contributed by atoms with Crippen molar-refractivity contribution in [1.82, 2.24) is 0 Å². The molecule has 1 atom stereocenters. The van der Waals surface area contributed by atoms with Crippen LogP contribution < -0.4 is 0 Å². The first kappa shape index (κ1) is 11.8. The van der Waals surface area contributed by atoms with Gasteiger partial charge >= 0.3 is 0 Å². The van der Waals surface area contributed by atoms with Crippen molar-refractivity contribution < 1.29 is 4.79 Å². The number of hydrogen-bond acceptors (Lipinski definition) is 2. The Balaban J connectivity index is 1.88. The summed E-state index contributed by atoms with van der Waals surface area (Å²) in [5.74, 6) is 2.86. The van der Waals surface area contributed by atoms with Crippen molar-refractivity contribution in [2.45, 2.75) is 12.8 Å². The SMILES string of the molecule is O=C(Cc1cccc2ccccc12)C1CCSC1. The smallest absolute Gasteiger partial charge is 0.141 e. The molecule has 0 radical (unpaired) electrons. The van der Waals surface area contributed by atoms with Crippen LogP contribution in [0.15, 0.2) is 42.5 Å². The summed E-state index contributed by atoms with van der Waals surface area (Å²) in [7, 11) is 0. The van der Waals surface area contributed by atoms with Gasteiger partial charge in [0.1, 0.15) is 5.78 Å². The number of carbonyl (C=O) groups excluding carboxylic acids is 1. The molecule has 0 aromatic heterocycles. The van der Waals surface area contributed by atoms with Crippen LogP contribution in [0, 0.1) is 5.92 Å². The highest BCUT2D eigenvalue weighted by molar-refractivity contribution is 7.99. The number of fused-ring (bicyclic) bond motifs is 1. The molecule has 3 rings (SSSR count). The monoisotopic (exact) mass is 256 g/mol. The molecule has 2 aromatic carbocycles. The highest BCUT2D eigenvalue weighted by atomic mass is 32.2. The van der Waals surface area contributed by atoms with Crippen molar-refractivity contribution >= 4 is 28.3 Å². The number of ketones is 1. The van der Waals surface area contributed by atoms with Gasteiger partial charge in [-0.05, 0) is 28.5 Å². The van der Waals surface area contributed by atoms with E-state index in [0.717, 1.165) is 17.9 Å². The molecule has 0 saturated carbocycles. The van der Waals surface area contributed by atoms with Crippen LogP contribution in [0.1, 0.15) is 12.0 Å². The van der Waals surface area contributed by atoms with Crippen LogP contribution >= 0.6 is 11.8 Å². The molecule has 1 nitrogen and oxygen atoms in total. The summed E-state index contributed by atoms with van der Waals surface area (Å²) in [4.78, 5) is 12.2. The topological polar surface area (TPSA) is 17.1 Å². The van der Waals surface area contributed by atoms with E-state index in [-0.39, 0.29) is 5.92 Å². The molecule has 1 aliphatic heterocycles. The van der Waals surface area contributed by atoms with Crippen LogP contribution in [-0.4, -0.2) is 17.3 Å². The van der Waals surface area contributed by atoms with Crippen molar-refractivity contribution in [3.8, 4) is 0 Å².